The summed E-state index contributed by atoms with van der Waals surface area (Å²) in [6.45, 7) is 2.52. The number of aliphatic imine (C=N–C) groups is 1. The molecular formula is C16H19N3O3S. The highest BCUT2D eigenvalue weighted by Gasteiger charge is 2.33. The normalized spacial score (nSPS) is 22.0. The predicted octanol–water partition coefficient (Wildman–Crippen LogP) is 2.16. The van der Waals surface area contributed by atoms with E-state index in [1.165, 1.54) is 11.8 Å². The van der Waals surface area contributed by atoms with E-state index in [0.717, 1.165) is 18.6 Å². The number of carbonyl (C=O) groups excluding carboxylic acids is 2. The highest BCUT2D eigenvalue weighted by atomic mass is 32.2. The van der Waals surface area contributed by atoms with Gasteiger partial charge in [0.05, 0.1) is 12.6 Å². The fourth-order valence-corrected chi connectivity index (χ4v) is 3.19. The molecule has 0 spiro atoms. The first-order valence-corrected chi connectivity index (χ1v) is 8.60. The second-order valence-electron chi connectivity index (χ2n) is 5.47. The Balaban J connectivity index is 1.51. The lowest BCUT2D eigenvalue weighted by atomic mass is 10.2. The molecule has 1 unspecified atom stereocenters. The highest BCUT2D eigenvalue weighted by Crippen LogP contribution is 2.29. The third kappa shape index (κ3) is 4.48. The number of thioether (sulfide) groups is 1. The van der Waals surface area contributed by atoms with Crippen LogP contribution in [0.25, 0.3) is 0 Å². The largest absolute Gasteiger partial charge is 0.494 e. The van der Waals surface area contributed by atoms with Crippen LogP contribution in [-0.2, 0) is 9.59 Å². The first-order chi connectivity index (χ1) is 11.1. The summed E-state index contributed by atoms with van der Waals surface area (Å²) in [6, 6.07) is 7.52. The number of nitrogens with one attached hydrogen (secondary N) is 2. The molecule has 1 aromatic rings. The second kappa shape index (κ2) is 7.04. The Bertz CT molecular complexity index is 626. The Morgan fingerprint density at radius 1 is 1.39 bits per heavy atom. The highest BCUT2D eigenvalue weighted by molar-refractivity contribution is 8.15. The summed E-state index contributed by atoms with van der Waals surface area (Å²) in [5.41, 5.74) is 0.689. The number of nitrogens with zero attached hydrogens (tertiary/aromatic N) is 1. The van der Waals surface area contributed by atoms with Gasteiger partial charge >= 0.3 is 0 Å². The molecule has 6 nitrogen and oxygen atoms in total. The minimum atomic E-state index is -0.407. The lowest BCUT2D eigenvalue weighted by molar-refractivity contribution is -0.122. The van der Waals surface area contributed by atoms with Crippen LogP contribution < -0.4 is 15.4 Å². The molecule has 1 aliphatic heterocycles. The molecule has 1 aliphatic carbocycles. The maximum atomic E-state index is 12.1. The lowest BCUT2D eigenvalue weighted by Gasteiger charge is -2.08. The van der Waals surface area contributed by atoms with E-state index in [-0.39, 0.29) is 18.2 Å². The van der Waals surface area contributed by atoms with Gasteiger partial charge in [-0.1, -0.05) is 11.8 Å². The topological polar surface area (TPSA) is 79.8 Å². The van der Waals surface area contributed by atoms with Crippen LogP contribution in [0.2, 0.25) is 0 Å². The molecule has 2 amide bonds. The van der Waals surface area contributed by atoms with Crippen molar-refractivity contribution in [3.05, 3.63) is 24.3 Å². The minimum absolute atomic E-state index is 0.132. The van der Waals surface area contributed by atoms with Crippen molar-refractivity contribution in [2.45, 2.75) is 37.5 Å². The van der Waals surface area contributed by atoms with Crippen LogP contribution in [0, 0.1) is 0 Å². The molecule has 0 bridgehead atoms. The van der Waals surface area contributed by atoms with Gasteiger partial charge in [-0.15, -0.1) is 0 Å². The van der Waals surface area contributed by atoms with Crippen molar-refractivity contribution in [1.82, 2.24) is 5.32 Å². The number of amides is 2. The van der Waals surface area contributed by atoms with Crippen LogP contribution in [0.1, 0.15) is 26.2 Å². The van der Waals surface area contributed by atoms with Crippen LogP contribution >= 0.6 is 11.8 Å². The third-order valence-corrected chi connectivity index (χ3v) is 4.54. The lowest BCUT2D eigenvalue weighted by Crippen LogP contribution is -2.28. The Kier molecular flexibility index (Phi) is 4.85. The first-order valence-electron chi connectivity index (χ1n) is 7.72. The van der Waals surface area contributed by atoms with E-state index in [2.05, 4.69) is 15.6 Å². The van der Waals surface area contributed by atoms with Gasteiger partial charge in [-0.25, -0.2) is 0 Å². The Hall–Kier alpha value is -2.02. The van der Waals surface area contributed by atoms with Crippen LogP contribution in [0.4, 0.5) is 5.69 Å². The summed E-state index contributed by atoms with van der Waals surface area (Å²) in [5.74, 6) is 0.433. The number of amidine groups is 1. The van der Waals surface area contributed by atoms with E-state index in [4.69, 9.17) is 4.74 Å². The maximum absolute atomic E-state index is 12.1. The van der Waals surface area contributed by atoms with Gasteiger partial charge in [-0.3, -0.25) is 14.6 Å². The van der Waals surface area contributed by atoms with Crippen molar-refractivity contribution in [1.29, 1.82) is 0 Å². The van der Waals surface area contributed by atoms with E-state index in [0.29, 0.717) is 23.5 Å². The van der Waals surface area contributed by atoms with Crippen LogP contribution in [0.15, 0.2) is 29.3 Å². The van der Waals surface area contributed by atoms with Gasteiger partial charge in [0.25, 0.3) is 0 Å². The zero-order chi connectivity index (χ0) is 16.2. The van der Waals surface area contributed by atoms with E-state index in [1.54, 1.807) is 24.3 Å². The van der Waals surface area contributed by atoms with Gasteiger partial charge < -0.3 is 15.4 Å². The second-order valence-corrected chi connectivity index (χ2v) is 6.66. The molecular weight excluding hydrogens is 314 g/mol. The molecule has 1 aromatic carbocycles. The number of hydrogen-bond donors (Lipinski definition) is 2. The van der Waals surface area contributed by atoms with E-state index < -0.39 is 5.25 Å². The van der Waals surface area contributed by atoms with Crippen LogP contribution in [0.5, 0.6) is 5.75 Å². The number of ether oxygens (including phenoxy) is 1. The van der Waals surface area contributed by atoms with E-state index in [9.17, 15) is 9.59 Å². The molecule has 3 rings (SSSR count). The van der Waals surface area contributed by atoms with Crippen molar-refractivity contribution in [2.75, 3.05) is 11.9 Å². The minimum Gasteiger partial charge on any atom is -0.494 e. The van der Waals surface area contributed by atoms with Gasteiger partial charge in [0.1, 0.15) is 11.0 Å². The summed E-state index contributed by atoms with van der Waals surface area (Å²) in [6.07, 6.45) is 2.30. The zero-order valence-electron chi connectivity index (χ0n) is 12.9. The molecule has 1 saturated carbocycles. The average molecular weight is 333 g/mol. The summed E-state index contributed by atoms with van der Waals surface area (Å²) in [4.78, 5) is 28.4. The first kappa shape index (κ1) is 15.9. The predicted molar refractivity (Wildman–Crippen MR) is 90.8 cm³/mol. The Labute approximate surface area is 139 Å². The number of rotatable bonds is 6. The van der Waals surface area contributed by atoms with E-state index in [1.807, 2.05) is 6.92 Å². The van der Waals surface area contributed by atoms with Crippen LogP contribution in [-0.4, -0.2) is 34.9 Å². The molecule has 2 aliphatic rings. The molecule has 0 aromatic heterocycles. The SMILES string of the molecule is CCOc1ccc(NC(=O)CC2SC(=NC3CC3)NC2=O)cc1. The number of hydrogen-bond acceptors (Lipinski definition) is 5. The molecule has 1 heterocycles. The van der Waals surface area contributed by atoms with Crippen molar-refractivity contribution in [3.8, 4) is 5.75 Å². The molecule has 122 valence electrons. The van der Waals surface area contributed by atoms with Gasteiger partial charge in [0.2, 0.25) is 11.8 Å². The van der Waals surface area contributed by atoms with E-state index >= 15 is 0 Å². The van der Waals surface area contributed by atoms with Crippen molar-refractivity contribution in [2.24, 2.45) is 4.99 Å². The quantitative estimate of drug-likeness (QED) is 0.836. The molecule has 2 N–H and O–H groups in total. The summed E-state index contributed by atoms with van der Waals surface area (Å²) in [5, 5.41) is 5.78. The monoisotopic (exact) mass is 333 g/mol. The van der Waals surface area contributed by atoms with Crippen molar-refractivity contribution < 1.29 is 14.3 Å². The standard InChI is InChI=1S/C16H19N3O3S/c1-2-22-12-7-5-10(6-8-12)17-14(20)9-13-15(21)19-16(23-13)18-11-3-4-11/h5-8,11,13H,2-4,9H2,1H3,(H,17,20)(H,18,19,21). The molecule has 0 radical (unpaired) electrons. The molecule has 1 saturated heterocycles. The Morgan fingerprint density at radius 3 is 2.78 bits per heavy atom. The fourth-order valence-electron chi connectivity index (χ4n) is 2.15. The summed E-state index contributed by atoms with van der Waals surface area (Å²) >= 11 is 1.34. The molecule has 2 fully saturated rings. The zero-order valence-corrected chi connectivity index (χ0v) is 13.7. The molecule has 1 atom stereocenters. The summed E-state index contributed by atoms with van der Waals surface area (Å²) < 4.78 is 5.35. The molecule has 7 heteroatoms. The van der Waals surface area contributed by atoms with Gasteiger partial charge in [0.15, 0.2) is 5.17 Å². The summed E-state index contributed by atoms with van der Waals surface area (Å²) in [7, 11) is 0. The number of anilines is 1. The van der Waals surface area contributed by atoms with Crippen molar-refractivity contribution in [3.63, 3.8) is 0 Å². The number of benzene rings is 1. The maximum Gasteiger partial charge on any atom is 0.240 e. The fraction of sp³-hybridized carbons (Fsp3) is 0.438. The van der Waals surface area contributed by atoms with Gasteiger partial charge in [-0.2, -0.15) is 0 Å². The smallest absolute Gasteiger partial charge is 0.240 e. The van der Waals surface area contributed by atoms with Crippen molar-refractivity contribution >= 4 is 34.4 Å². The Morgan fingerprint density at radius 2 is 2.13 bits per heavy atom. The van der Waals surface area contributed by atoms with Crippen LogP contribution in [0.3, 0.4) is 0 Å². The third-order valence-electron chi connectivity index (χ3n) is 3.44. The van der Waals surface area contributed by atoms with Gasteiger partial charge in [0, 0.05) is 12.1 Å². The molecule has 23 heavy (non-hydrogen) atoms. The number of carbonyl (C=O) groups is 2. The average Bonchev–Trinajstić information content (AvgIpc) is 3.26. The van der Waals surface area contributed by atoms with Gasteiger partial charge in [-0.05, 0) is 44.0 Å².